The number of hydrogen-bond donors (Lipinski definition) is 1. The first kappa shape index (κ1) is 32.8. The summed E-state index contributed by atoms with van der Waals surface area (Å²) in [7, 11) is -4.19. The van der Waals surface area contributed by atoms with E-state index in [1.54, 1.807) is 24.3 Å². The van der Waals surface area contributed by atoms with Crippen molar-refractivity contribution in [2.24, 2.45) is 0 Å². The highest BCUT2D eigenvalue weighted by atomic mass is 35.5. The molecule has 0 radical (unpaired) electrons. The summed E-state index contributed by atoms with van der Waals surface area (Å²) in [6.07, 6.45) is 0.246. The van der Waals surface area contributed by atoms with E-state index < -0.39 is 34.1 Å². The number of benzene rings is 4. The second-order valence-corrected chi connectivity index (χ2v) is 14.1. The van der Waals surface area contributed by atoms with Crippen LogP contribution in [-0.4, -0.2) is 43.3 Å². The highest BCUT2D eigenvalue weighted by Crippen LogP contribution is 2.26. The summed E-state index contributed by atoms with van der Waals surface area (Å²) < 4.78 is 29.2. The highest BCUT2D eigenvalue weighted by Gasteiger charge is 2.35. The number of rotatable bonds is 11. The van der Waals surface area contributed by atoms with Crippen molar-refractivity contribution in [3.05, 3.63) is 131 Å². The van der Waals surface area contributed by atoms with E-state index in [0.717, 1.165) is 21.0 Å². The van der Waals surface area contributed by atoms with Gasteiger partial charge in [-0.2, -0.15) is 0 Å². The topological polar surface area (TPSA) is 86.8 Å². The van der Waals surface area contributed by atoms with Gasteiger partial charge in [-0.15, -0.1) is 0 Å². The lowest BCUT2D eigenvalue weighted by Gasteiger charge is -2.35. The van der Waals surface area contributed by atoms with Gasteiger partial charge in [0.05, 0.1) is 10.6 Å². The van der Waals surface area contributed by atoms with Gasteiger partial charge in [-0.3, -0.25) is 13.9 Å². The Labute approximate surface area is 265 Å². The number of hydrogen-bond acceptors (Lipinski definition) is 4. The predicted molar refractivity (Wildman–Crippen MR) is 176 cm³/mol. The molecule has 0 aromatic heterocycles. The van der Waals surface area contributed by atoms with Crippen LogP contribution in [0.5, 0.6) is 0 Å². The van der Waals surface area contributed by atoms with Gasteiger partial charge in [-0.1, -0.05) is 90.0 Å². The minimum absolute atomic E-state index is 0.00352. The number of nitrogens with one attached hydrogen (secondary N) is 1. The minimum atomic E-state index is -4.19. The molecule has 4 rings (SSSR count). The minimum Gasteiger partial charge on any atom is -0.350 e. The third kappa shape index (κ3) is 8.71. The zero-order valence-electron chi connectivity index (χ0n) is 25.4. The molecule has 2 amide bonds. The average Bonchev–Trinajstić information content (AvgIpc) is 2.98. The third-order valence-corrected chi connectivity index (χ3v) is 9.01. The molecule has 1 atom stereocenters. The number of nitrogens with zero attached hydrogens (tertiary/aromatic N) is 2. The Morgan fingerprint density at radius 2 is 1.34 bits per heavy atom. The summed E-state index contributed by atoms with van der Waals surface area (Å²) in [5, 5.41) is 3.43. The lowest BCUT2D eigenvalue weighted by Crippen LogP contribution is -2.56. The maximum absolute atomic E-state index is 14.5. The van der Waals surface area contributed by atoms with E-state index in [4.69, 9.17) is 11.6 Å². The molecule has 4 aromatic carbocycles. The Kier molecular flexibility index (Phi) is 10.5. The molecule has 0 unspecified atom stereocenters. The summed E-state index contributed by atoms with van der Waals surface area (Å²) in [4.78, 5) is 29.8. The van der Waals surface area contributed by atoms with Crippen molar-refractivity contribution in [2.45, 2.75) is 57.1 Å². The predicted octanol–water partition coefficient (Wildman–Crippen LogP) is 6.40. The van der Waals surface area contributed by atoms with Crippen LogP contribution in [0.2, 0.25) is 5.02 Å². The van der Waals surface area contributed by atoms with Gasteiger partial charge in [0.25, 0.3) is 10.0 Å². The van der Waals surface area contributed by atoms with E-state index in [-0.39, 0.29) is 23.8 Å². The average molecular weight is 632 g/mol. The van der Waals surface area contributed by atoms with E-state index >= 15 is 0 Å². The summed E-state index contributed by atoms with van der Waals surface area (Å²) in [5.41, 5.74) is 2.40. The molecule has 0 saturated heterocycles. The Balaban J connectivity index is 1.80. The first-order chi connectivity index (χ1) is 20.8. The fraction of sp³-hybridized carbons (Fsp3) is 0.257. The van der Waals surface area contributed by atoms with Gasteiger partial charge in [-0.25, -0.2) is 8.42 Å². The van der Waals surface area contributed by atoms with E-state index in [0.29, 0.717) is 10.7 Å². The second kappa shape index (κ2) is 14.1. The Morgan fingerprint density at radius 1 is 0.795 bits per heavy atom. The van der Waals surface area contributed by atoms with Crippen LogP contribution in [0.3, 0.4) is 0 Å². The molecular formula is C35H38ClN3O4S. The number of carbonyl (C=O) groups excluding carboxylic acids is 2. The molecule has 0 saturated carbocycles. The standard InChI is InChI=1S/C35H38ClN3O4S/c1-26-15-19-30(20-16-26)39(44(42,43)31-21-17-29(36)18-22-31)25-33(40)38(24-28-13-9-6-10-14-28)32(34(41)37-35(2,3)4)23-27-11-7-5-8-12-27/h5-22,32H,23-25H2,1-4H3,(H,37,41)/t32-/m0/s1. The van der Waals surface area contributed by atoms with E-state index in [9.17, 15) is 18.0 Å². The zero-order valence-corrected chi connectivity index (χ0v) is 27.0. The maximum atomic E-state index is 14.5. The van der Waals surface area contributed by atoms with Gasteiger partial charge in [-0.05, 0) is 75.2 Å². The number of carbonyl (C=O) groups is 2. The van der Waals surface area contributed by atoms with Crippen molar-refractivity contribution >= 4 is 39.1 Å². The van der Waals surface area contributed by atoms with Gasteiger partial charge in [0.15, 0.2) is 0 Å². The van der Waals surface area contributed by atoms with Crippen molar-refractivity contribution < 1.29 is 18.0 Å². The Hall–Kier alpha value is -4.14. The summed E-state index contributed by atoms with van der Waals surface area (Å²) in [6, 6.07) is 30.7. The molecular weight excluding hydrogens is 594 g/mol. The first-order valence-electron chi connectivity index (χ1n) is 14.4. The van der Waals surface area contributed by atoms with Gasteiger partial charge < -0.3 is 10.2 Å². The van der Waals surface area contributed by atoms with Crippen LogP contribution in [0.1, 0.15) is 37.5 Å². The van der Waals surface area contributed by atoms with Gasteiger partial charge >= 0.3 is 0 Å². The van der Waals surface area contributed by atoms with Crippen molar-refractivity contribution in [1.82, 2.24) is 10.2 Å². The van der Waals surface area contributed by atoms with E-state index in [1.807, 2.05) is 88.4 Å². The smallest absolute Gasteiger partial charge is 0.264 e. The van der Waals surface area contributed by atoms with Crippen LogP contribution in [0.15, 0.2) is 114 Å². The van der Waals surface area contributed by atoms with Gasteiger partial charge in [0.1, 0.15) is 12.6 Å². The molecule has 0 spiro atoms. The number of sulfonamides is 1. The number of aryl methyl sites for hydroxylation is 1. The molecule has 1 N–H and O–H groups in total. The largest absolute Gasteiger partial charge is 0.350 e. The van der Waals surface area contributed by atoms with Crippen LogP contribution in [0.25, 0.3) is 0 Å². The number of halogens is 1. The van der Waals surface area contributed by atoms with Crippen LogP contribution >= 0.6 is 11.6 Å². The summed E-state index contributed by atoms with van der Waals surface area (Å²) >= 11 is 6.05. The lowest BCUT2D eigenvalue weighted by atomic mass is 10.0. The maximum Gasteiger partial charge on any atom is 0.264 e. The summed E-state index contributed by atoms with van der Waals surface area (Å²) in [6.45, 7) is 7.13. The molecule has 0 bridgehead atoms. The zero-order chi connectivity index (χ0) is 31.9. The van der Waals surface area contributed by atoms with Crippen molar-refractivity contribution in [3.8, 4) is 0 Å². The van der Waals surface area contributed by atoms with E-state index in [2.05, 4.69) is 5.32 Å². The molecule has 230 valence electrons. The Morgan fingerprint density at radius 3 is 1.89 bits per heavy atom. The van der Waals surface area contributed by atoms with Crippen LogP contribution in [-0.2, 0) is 32.6 Å². The lowest BCUT2D eigenvalue weighted by molar-refractivity contribution is -0.140. The quantitative estimate of drug-likeness (QED) is 0.208. The van der Waals surface area contributed by atoms with Crippen molar-refractivity contribution in [2.75, 3.05) is 10.8 Å². The molecule has 7 nitrogen and oxygen atoms in total. The molecule has 0 aliphatic rings. The molecule has 0 aliphatic carbocycles. The third-order valence-electron chi connectivity index (χ3n) is 6.97. The fourth-order valence-corrected chi connectivity index (χ4v) is 6.30. The molecule has 44 heavy (non-hydrogen) atoms. The number of anilines is 1. The van der Waals surface area contributed by atoms with Crippen LogP contribution < -0.4 is 9.62 Å². The second-order valence-electron chi connectivity index (χ2n) is 11.8. The molecule has 0 fully saturated rings. The van der Waals surface area contributed by atoms with Crippen molar-refractivity contribution in [3.63, 3.8) is 0 Å². The van der Waals surface area contributed by atoms with Crippen molar-refractivity contribution in [1.29, 1.82) is 0 Å². The Bertz CT molecular complexity index is 1660. The monoisotopic (exact) mass is 631 g/mol. The number of amides is 2. The SMILES string of the molecule is Cc1ccc(N(CC(=O)N(Cc2ccccc2)[C@@H](Cc2ccccc2)C(=O)NC(C)(C)C)S(=O)(=O)c2ccc(Cl)cc2)cc1. The molecule has 0 heterocycles. The molecule has 9 heteroatoms. The van der Waals surface area contributed by atoms with Gasteiger partial charge in [0.2, 0.25) is 11.8 Å². The first-order valence-corrected chi connectivity index (χ1v) is 16.2. The summed E-state index contributed by atoms with van der Waals surface area (Å²) in [5.74, 6) is -0.843. The van der Waals surface area contributed by atoms with Gasteiger partial charge in [0, 0.05) is 23.5 Å². The van der Waals surface area contributed by atoms with Crippen LogP contribution in [0.4, 0.5) is 5.69 Å². The molecule has 0 aliphatic heterocycles. The normalized spacial score (nSPS) is 12.3. The molecule has 4 aromatic rings. The van der Waals surface area contributed by atoms with E-state index in [1.165, 1.54) is 29.2 Å². The highest BCUT2D eigenvalue weighted by molar-refractivity contribution is 7.92. The fourth-order valence-electron chi connectivity index (χ4n) is 4.76. The van der Waals surface area contributed by atoms with Crippen LogP contribution in [0, 0.1) is 6.92 Å².